The minimum atomic E-state index is -0.518. The van der Waals surface area contributed by atoms with E-state index in [2.05, 4.69) is 33.0 Å². The molecule has 0 aliphatic rings. The molecule has 3 N–H and O–H groups in total. The summed E-state index contributed by atoms with van der Waals surface area (Å²) in [6, 6.07) is 8.10. The summed E-state index contributed by atoms with van der Waals surface area (Å²) >= 11 is 0. The van der Waals surface area contributed by atoms with Gasteiger partial charge in [0.25, 0.3) is 0 Å². The number of hydrogen-bond donors (Lipinski definition) is 3. The van der Waals surface area contributed by atoms with Crippen molar-refractivity contribution in [2.75, 3.05) is 13.1 Å². The second-order valence-electron chi connectivity index (χ2n) is 8.57. The van der Waals surface area contributed by atoms with Crippen molar-refractivity contribution in [2.45, 2.75) is 72.1 Å². The second kappa shape index (κ2) is 12.7. The number of nitrogens with one attached hydrogen (secondary N) is 3. The fraction of sp³-hybridized carbons (Fsp3) is 0.565. The smallest absolute Gasteiger partial charge is 0.407 e. The number of alkyl carbamates (subject to hydrolysis) is 1. The highest BCUT2D eigenvalue weighted by molar-refractivity contribution is 5.80. The number of aliphatic imine (C=N–C) groups is 1. The normalized spacial score (nSPS) is 12.8. The SMILES string of the molecule is CCCCC(CNC(=O)OC(C)(C)C)NC(=NCc1ccc(-n2cncn2)cc1)NCC. The minimum Gasteiger partial charge on any atom is -0.444 e. The molecule has 0 radical (unpaired) electrons. The van der Waals surface area contributed by atoms with Crippen LogP contribution in [0.15, 0.2) is 41.9 Å². The van der Waals surface area contributed by atoms with Crippen LogP contribution in [0.1, 0.15) is 59.4 Å². The number of amides is 1. The highest BCUT2D eigenvalue weighted by atomic mass is 16.6. The van der Waals surface area contributed by atoms with Crippen LogP contribution in [0.3, 0.4) is 0 Å². The fourth-order valence-corrected chi connectivity index (χ4v) is 2.98. The van der Waals surface area contributed by atoms with Gasteiger partial charge >= 0.3 is 6.09 Å². The summed E-state index contributed by atoms with van der Waals surface area (Å²) in [6.07, 6.45) is 5.83. The number of rotatable bonds is 10. The lowest BCUT2D eigenvalue weighted by atomic mass is 10.1. The molecule has 0 bridgehead atoms. The molecule has 9 heteroatoms. The fourth-order valence-electron chi connectivity index (χ4n) is 2.98. The Bertz CT molecular complexity index is 827. The number of hydrogen-bond acceptors (Lipinski definition) is 5. The number of guanidine groups is 1. The predicted octanol–water partition coefficient (Wildman–Crippen LogP) is 3.41. The predicted molar refractivity (Wildman–Crippen MR) is 127 cm³/mol. The Balaban J connectivity index is 1.98. The van der Waals surface area contributed by atoms with Gasteiger partial charge in [0.1, 0.15) is 18.3 Å². The Morgan fingerprint density at radius 1 is 1.19 bits per heavy atom. The van der Waals surface area contributed by atoms with E-state index < -0.39 is 11.7 Å². The van der Waals surface area contributed by atoms with Crippen molar-refractivity contribution in [1.82, 2.24) is 30.7 Å². The first-order valence-corrected chi connectivity index (χ1v) is 11.3. The van der Waals surface area contributed by atoms with Gasteiger partial charge in [-0.2, -0.15) is 5.10 Å². The maximum Gasteiger partial charge on any atom is 0.407 e. The Labute approximate surface area is 191 Å². The summed E-state index contributed by atoms with van der Waals surface area (Å²) < 4.78 is 7.07. The van der Waals surface area contributed by atoms with Gasteiger partial charge in [0.05, 0.1) is 12.2 Å². The summed E-state index contributed by atoms with van der Waals surface area (Å²) in [5.41, 5.74) is 1.52. The molecule has 32 heavy (non-hydrogen) atoms. The Morgan fingerprint density at radius 2 is 1.94 bits per heavy atom. The first-order chi connectivity index (χ1) is 15.3. The average molecular weight is 444 g/mol. The van der Waals surface area contributed by atoms with E-state index in [4.69, 9.17) is 9.73 Å². The van der Waals surface area contributed by atoms with Crippen LogP contribution in [-0.4, -0.2) is 51.5 Å². The summed E-state index contributed by atoms with van der Waals surface area (Å²) in [5.74, 6) is 0.722. The molecule has 1 aromatic heterocycles. The number of carbonyl (C=O) groups is 1. The highest BCUT2D eigenvalue weighted by Gasteiger charge is 2.18. The highest BCUT2D eigenvalue weighted by Crippen LogP contribution is 2.09. The summed E-state index contributed by atoms with van der Waals surface area (Å²) in [7, 11) is 0. The lowest BCUT2D eigenvalue weighted by Gasteiger charge is -2.24. The lowest BCUT2D eigenvalue weighted by Crippen LogP contribution is -2.49. The van der Waals surface area contributed by atoms with Gasteiger partial charge in [-0.05, 0) is 51.8 Å². The molecule has 1 atom stereocenters. The standard InChI is InChI=1S/C23H37N7O2/c1-6-8-9-19(15-27-22(31)32-23(3,4)5)29-21(25-7-2)26-14-18-10-12-20(13-11-18)30-17-24-16-28-30/h10-13,16-17,19H,6-9,14-15H2,1-5H3,(H,27,31)(H2,25,26,29). The average Bonchev–Trinajstić information content (AvgIpc) is 3.28. The topological polar surface area (TPSA) is 105 Å². The molecular weight excluding hydrogens is 406 g/mol. The van der Waals surface area contributed by atoms with E-state index in [1.165, 1.54) is 6.33 Å². The zero-order valence-electron chi connectivity index (χ0n) is 19.9. The molecule has 1 unspecified atom stereocenters. The molecule has 2 aromatic rings. The largest absolute Gasteiger partial charge is 0.444 e. The minimum absolute atomic E-state index is 0.0509. The van der Waals surface area contributed by atoms with Crippen LogP contribution in [0, 0.1) is 0 Å². The van der Waals surface area contributed by atoms with Crippen molar-refractivity contribution < 1.29 is 9.53 Å². The molecule has 176 valence electrons. The zero-order valence-corrected chi connectivity index (χ0v) is 19.9. The third-order valence-electron chi connectivity index (χ3n) is 4.52. The third-order valence-corrected chi connectivity index (χ3v) is 4.52. The Kier molecular flexibility index (Phi) is 9.97. The number of ether oxygens (including phenoxy) is 1. The van der Waals surface area contributed by atoms with Gasteiger partial charge < -0.3 is 20.7 Å². The van der Waals surface area contributed by atoms with Gasteiger partial charge in [-0.1, -0.05) is 31.9 Å². The van der Waals surface area contributed by atoms with E-state index in [1.807, 2.05) is 52.0 Å². The van der Waals surface area contributed by atoms with E-state index in [0.29, 0.717) is 13.1 Å². The van der Waals surface area contributed by atoms with Crippen LogP contribution < -0.4 is 16.0 Å². The van der Waals surface area contributed by atoms with Gasteiger partial charge in [0.2, 0.25) is 0 Å². The van der Waals surface area contributed by atoms with Crippen LogP contribution in [0.2, 0.25) is 0 Å². The molecule has 0 fully saturated rings. The number of nitrogens with zero attached hydrogens (tertiary/aromatic N) is 4. The van der Waals surface area contributed by atoms with Crippen LogP contribution in [0.4, 0.5) is 4.79 Å². The van der Waals surface area contributed by atoms with Crippen molar-refractivity contribution in [3.8, 4) is 5.69 Å². The Morgan fingerprint density at radius 3 is 2.53 bits per heavy atom. The number of unbranched alkanes of at least 4 members (excludes halogenated alkanes) is 1. The summed E-state index contributed by atoms with van der Waals surface area (Å²) in [5, 5.41) is 13.8. The molecule has 1 amide bonds. The van der Waals surface area contributed by atoms with Gasteiger partial charge in [0.15, 0.2) is 5.96 Å². The summed E-state index contributed by atoms with van der Waals surface area (Å²) in [4.78, 5) is 20.8. The van der Waals surface area contributed by atoms with E-state index in [-0.39, 0.29) is 6.04 Å². The maximum atomic E-state index is 12.1. The van der Waals surface area contributed by atoms with Crippen molar-refractivity contribution in [1.29, 1.82) is 0 Å². The van der Waals surface area contributed by atoms with Crippen molar-refractivity contribution >= 4 is 12.1 Å². The zero-order chi connectivity index (χ0) is 23.4. The molecule has 0 aliphatic heterocycles. The molecule has 1 aromatic carbocycles. The maximum absolute atomic E-state index is 12.1. The van der Waals surface area contributed by atoms with Gasteiger partial charge in [0, 0.05) is 19.1 Å². The molecule has 1 heterocycles. The molecule has 2 rings (SSSR count). The lowest BCUT2D eigenvalue weighted by molar-refractivity contribution is 0.0522. The van der Waals surface area contributed by atoms with Crippen molar-refractivity contribution in [3.05, 3.63) is 42.5 Å². The van der Waals surface area contributed by atoms with E-state index >= 15 is 0 Å². The first kappa shape index (κ1) is 25.2. The first-order valence-electron chi connectivity index (χ1n) is 11.3. The molecule has 9 nitrogen and oxygen atoms in total. The molecular formula is C23H37N7O2. The van der Waals surface area contributed by atoms with Gasteiger partial charge in [-0.25, -0.2) is 19.5 Å². The Hall–Kier alpha value is -3.10. The van der Waals surface area contributed by atoms with E-state index in [0.717, 1.165) is 43.0 Å². The second-order valence-corrected chi connectivity index (χ2v) is 8.57. The number of aromatic nitrogens is 3. The number of benzene rings is 1. The van der Waals surface area contributed by atoms with Gasteiger partial charge in [-0.3, -0.25) is 0 Å². The van der Waals surface area contributed by atoms with Crippen LogP contribution in [0.25, 0.3) is 5.69 Å². The van der Waals surface area contributed by atoms with Crippen LogP contribution in [-0.2, 0) is 11.3 Å². The van der Waals surface area contributed by atoms with E-state index in [9.17, 15) is 4.79 Å². The van der Waals surface area contributed by atoms with Crippen LogP contribution >= 0.6 is 0 Å². The monoisotopic (exact) mass is 443 g/mol. The van der Waals surface area contributed by atoms with Gasteiger partial charge in [-0.15, -0.1) is 0 Å². The quantitative estimate of drug-likeness (QED) is 0.384. The molecule has 0 saturated carbocycles. The molecule has 0 saturated heterocycles. The van der Waals surface area contributed by atoms with Crippen LogP contribution in [0.5, 0.6) is 0 Å². The van der Waals surface area contributed by atoms with Crippen molar-refractivity contribution in [3.63, 3.8) is 0 Å². The molecule has 0 aliphatic carbocycles. The third kappa shape index (κ3) is 9.36. The van der Waals surface area contributed by atoms with E-state index in [1.54, 1.807) is 11.0 Å². The number of carbonyl (C=O) groups excluding carboxylic acids is 1. The van der Waals surface area contributed by atoms with Crippen molar-refractivity contribution in [2.24, 2.45) is 4.99 Å². The molecule has 0 spiro atoms. The summed E-state index contributed by atoms with van der Waals surface area (Å²) in [6.45, 7) is 11.5.